The molecule has 8 heteroatoms. The summed E-state index contributed by atoms with van der Waals surface area (Å²) in [7, 11) is -3.25. The number of nitrogens with one attached hydrogen (secondary N) is 1. The number of sulfone groups is 1. The van der Waals surface area contributed by atoms with Crippen LogP contribution in [-0.4, -0.2) is 29.7 Å². The van der Waals surface area contributed by atoms with E-state index < -0.39 is 9.84 Å². The van der Waals surface area contributed by atoms with Crippen LogP contribution in [0.1, 0.15) is 23.7 Å². The Balaban J connectivity index is 1.77. The second-order valence-electron chi connectivity index (χ2n) is 6.76. The first kappa shape index (κ1) is 18.2. The number of hydrogen-bond acceptors (Lipinski definition) is 5. The molecule has 2 heterocycles. The van der Waals surface area contributed by atoms with Gasteiger partial charge in [-0.05, 0) is 49.2 Å². The van der Waals surface area contributed by atoms with Gasteiger partial charge in [-0.2, -0.15) is 0 Å². The highest BCUT2D eigenvalue weighted by Gasteiger charge is 2.25. The number of aromatic nitrogens is 3. The predicted molar refractivity (Wildman–Crippen MR) is 108 cm³/mol. The van der Waals surface area contributed by atoms with Crippen molar-refractivity contribution in [3.8, 4) is 11.3 Å². The molecule has 1 unspecified atom stereocenters. The molecule has 3 aromatic rings. The lowest BCUT2D eigenvalue weighted by atomic mass is 9.96. The zero-order chi connectivity index (χ0) is 19.2. The monoisotopic (exact) mass is 446 g/mol. The lowest BCUT2D eigenvalue weighted by molar-refractivity contribution is 0.539. The van der Waals surface area contributed by atoms with Crippen molar-refractivity contribution in [2.45, 2.75) is 30.8 Å². The van der Waals surface area contributed by atoms with Crippen molar-refractivity contribution in [2.24, 2.45) is 0 Å². The third-order valence-corrected chi connectivity index (χ3v) is 6.38. The zero-order valence-corrected chi connectivity index (χ0v) is 17.4. The van der Waals surface area contributed by atoms with Crippen LogP contribution in [0, 0.1) is 6.92 Å². The summed E-state index contributed by atoms with van der Waals surface area (Å²) < 4.78 is 26.7. The molecule has 0 spiro atoms. The molecular weight excluding hydrogens is 428 g/mol. The molecule has 0 fully saturated rings. The topological polar surface area (TPSA) is 76.9 Å². The fraction of sp³-hybridized carbons (Fsp3) is 0.263. The second kappa shape index (κ2) is 6.76. The molecule has 1 aromatic heterocycles. The van der Waals surface area contributed by atoms with E-state index in [1.165, 1.54) is 6.26 Å². The van der Waals surface area contributed by atoms with E-state index in [9.17, 15) is 8.42 Å². The normalized spacial score (nSPS) is 16.3. The summed E-state index contributed by atoms with van der Waals surface area (Å²) in [6.45, 7) is 2.69. The first-order chi connectivity index (χ1) is 12.8. The van der Waals surface area contributed by atoms with Crippen molar-refractivity contribution in [2.75, 3.05) is 11.6 Å². The van der Waals surface area contributed by atoms with Gasteiger partial charge in [0.25, 0.3) is 0 Å². The molecule has 1 atom stereocenters. The second-order valence-corrected chi connectivity index (χ2v) is 9.70. The zero-order valence-electron chi connectivity index (χ0n) is 15.0. The Bertz CT molecular complexity index is 1120. The van der Waals surface area contributed by atoms with Gasteiger partial charge < -0.3 is 5.32 Å². The molecule has 0 bridgehead atoms. The molecule has 2 aromatic carbocycles. The summed E-state index contributed by atoms with van der Waals surface area (Å²) in [4.78, 5) is 0.309. The van der Waals surface area contributed by atoms with Gasteiger partial charge >= 0.3 is 0 Å². The standard InChI is InChI=1S/C19H19BrN4O2S/c1-12-19-16-7-6-13(20)10-17(16)18(8-9-24(19)23-22-12)21-14-4-3-5-15(11-14)27(2,25)26/h3-7,10-11,18,21H,8-9H2,1-2H3. The Hall–Kier alpha value is -2.19. The van der Waals surface area contributed by atoms with E-state index in [4.69, 9.17) is 0 Å². The smallest absolute Gasteiger partial charge is 0.175 e. The summed E-state index contributed by atoms with van der Waals surface area (Å²) in [6.07, 6.45) is 2.03. The molecule has 1 aliphatic rings. The predicted octanol–water partition coefficient (Wildman–Crippen LogP) is 3.98. The maximum Gasteiger partial charge on any atom is 0.175 e. The highest BCUT2D eigenvalue weighted by molar-refractivity contribution is 9.10. The number of fused-ring (bicyclic) bond motifs is 3. The number of rotatable bonds is 3. The molecule has 0 aliphatic carbocycles. The van der Waals surface area contributed by atoms with Crippen molar-refractivity contribution in [1.82, 2.24) is 15.0 Å². The average molecular weight is 447 g/mol. The summed E-state index contributed by atoms with van der Waals surface area (Å²) >= 11 is 3.57. The van der Waals surface area contributed by atoms with Crippen molar-refractivity contribution in [3.63, 3.8) is 0 Å². The summed E-state index contributed by atoms with van der Waals surface area (Å²) in [5.41, 5.74) is 4.95. The number of anilines is 1. The van der Waals surface area contributed by atoms with Crippen LogP contribution in [0.4, 0.5) is 5.69 Å². The number of benzene rings is 2. The molecule has 0 amide bonds. The van der Waals surface area contributed by atoms with E-state index in [2.05, 4.69) is 43.7 Å². The number of hydrogen-bond donors (Lipinski definition) is 1. The minimum atomic E-state index is -3.25. The minimum absolute atomic E-state index is 0.0217. The lowest BCUT2D eigenvalue weighted by Crippen LogP contribution is -2.13. The van der Waals surface area contributed by atoms with Gasteiger partial charge in [0.05, 0.1) is 22.3 Å². The van der Waals surface area contributed by atoms with E-state index >= 15 is 0 Å². The SMILES string of the molecule is Cc1nnn2c1-c1ccc(Br)cc1C(Nc1cccc(S(C)(=O)=O)c1)CC2. The molecular formula is C19H19BrN4O2S. The van der Waals surface area contributed by atoms with Gasteiger partial charge in [-0.15, -0.1) is 5.10 Å². The van der Waals surface area contributed by atoms with Gasteiger partial charge in [-0.1, -0.05) is 33.3 Å². The minimum Gasteiger partial charge on any atom is -0.378 e. The highest BCUT2D eigenvalue weighted by Crippen LogP contribution is 2.38. The van der Waals surface area contributed by atoms with Crippen LogP contribution in [0.3, 0.4) is 0 Å². The number of aryl methyl sites for hydroxylation is 2. The van der Waals surface area contributed by atoms with E-state index in [-0.39, 0.29) is 6.04 Å². The van der Waals surface area contributed by atoms with Gasteiger partial charge in [0.1, 0.15) is 0 Å². The van der Waals surface area contributed by atoms with Gasteiger partial charge in [-0.3, -0.25) is 0 Å². The number of nitrogens with zero attached hydrogens (tertiary/aromatic N) is 3. The highest BCUT2D eigenvalue weighted by atomic mass is 79.9. The largest absolute Gasteiger partial charge is 0.378 e. The fourth-order valence-electron chi connectivity index (χ4n) is 3.50. The molecule has 4 rings (SSSR count). The van der Waals surface area contributed by atoms with Crippen molar-refractivity contribution < 1.29 is 8.42 Å². The van der Waals surface area contributed by atoms with Crippen molar-refractivity contribution in [1.29, 1.82) is 0 Å². The quantitative estimate of drug-likeness (QED) is 0.658. The Labute approximate surface area is 166 Å². The molecule has 0 radical (unpaired) electrons. The maximum atomic E-state index is 11.9. The Kier molecular flexibility index (Phi) is 4.55. The van der Waals surface area contributed by atoms with Crippen LogP contribution in [0.5, 0.6) is 0 Å². The Morgan fingerprint density at radius 2 is 2.04 bits per heavy atom. The van der Waals surface area contributed by atoms with Crippen LogP contribution >= 0.6 is 15.9 Å². The molecule has 1 N–H and O–H groups in total. The third-order valence-electron chi connectivity index (χ3n) is 4.78. The number of halogens is 1. The van der Waals surface area contributed by atoms with Crippen LogP contribution < -0.4 is 5.32 Å². The molecule has 0 saturated carbocycles. The van der Waals surface area contributed by atoms with Gasteiger partial charge in [0, 0.05) is 28.5 Å². The van der Waals surface area contributed by atoms with Gasteiger partial charge in [0.15, 0.2) is 9.84 Å². The van der Waals surface area contributed by atoms with Crippen LogP contribution in [0.2, 0.25) is 0 Å². The molecule has 1 aliphatic heterocycles. The van der Waals surface area contributed by atoms with Gasteiger partial charge in [-0.25, -0.2) is 13.1 Å². The molecule has 140 valence electrons. The first-order valence-electron chi connectivity index (χ1n) is 8.59. The van der Waals surface area contributed by atoms with Crippen LogP contribution in [0.25, 0.3) is 11.3 Å². The van der Waals surface area contributed by atoms with E-state index in [0.717, 1.165) is 45.6 Å². The maximum absolute atomic E-state index is 11.9. The molecule has 6 nitrogen and oxygen atoms in total. The average Bonchev–Trinajstić information content (AvgIpc) is 2.91. The summed E-state index contributed by atoms with van der Waals surface area (Å²) in [6, 6.07) is 13.2. The van der Waals surface area contributed by atoms with E-state index in [1.807, 2.05) is 23.7 Å². The third kappa shape index (κ3) is 3.51. The van der Waals surface area contributed by atoms with Gasteiger partial charge in [0.2, 0.25) is 0 Å². The van der Waals surface area contributed by atoms with E-state index in [0.29, 0.717) is 4.90 Å². The molecule has 27 heavy (non-hydrogen) atoms. The van der Waals surface area contributed by atoms with Crippen LogP contribution in [0.15, 0.2) is 51.8 Å². The lowest BCUT2D eigenvalue weighted by Gasteiger charge is -2.21. The van der Waals surface area contributed by atoms with E-state index in [1.54, 1.807) is 18.2 Å². The van der Waals surface area contributed by atoms with Crippen molar-refractivity contribution >= 4 is 31.5 Å². The Morgan fingerprint density at radius 1 is 1.22 bits per heavy atom. The Morgan fingerprint density at radius 3 is 2.81 bits per heavy atom. The van der Waals surface area contributed by atoms with Crippen molar-refractivity contribution in [3.05, 3.63) is 58.2 Å². The fourth-order valence-corrected chi connectivity index (χ4v) is 4.55. The summed E-state index contributed by atoms with van der Waals surface area (Å²) in [5.74, 6) is 0. The van der Waals surface area contributed by atoms with Crippen LogP contribution in [-0.2, 0) is 16.4 Å². The molecule has 0 saturated heterocycles. The summed E-state index contributed by atoms with van der Waals surface area (Å²) in [5, 5.41) is 12.0. The first-order valence-corrected chi connectivity index (χ1v) is 11.3.